The van der Waals surface area contributed by atoms with Crippen LogP contribution in [-0.4, -0.2) is 130 Å². The van der Waals surface area contributed by atoms with E-state index in [0.29, 0.717) is 57.0 Å². The molecule has 5 saturated heterocycles. The Morgan fingerprint density at radius 2 is 1.43 bits per heavy atom. The maximum atomic E-state index is 14.4. The maximum Gasteiger partial charge on any atom is 0.472 e. The molecule has 565 valence electrons. The van der Waals surface area contributed by atoms with Gasteiger partial charge in [-0.05, 0) is 134 Å². The molecule has 8 heterocycles. The number of phosphoric ester groups is 1. The Labute approximate surface area is 610 Å². The van der Waals surface area contributed by atoms with Crippen molar-refractivity contribution >= 4 is 66.2 Å². The molecule has 4 unspecified atom stereocenters. The summed E-state index contributed by atoms with van der Waals surface area (Å²) in [6.45, 7) is 19.8. The number of aromatic nitrogens is 2. The van der Waals surface area contributed by atoms with Gasteiger partial charge in [0.15, 0.2) is 6.23 Å². The quantitative estimate of drug-likeness (QED) is 0.0162. The van der Waals surface area contributed by atoms with Gasteiger partial charge in [-0.25, -0.2) is 14.3 Å². The SMILES string of the molecule is C/C1=C2/[N-][C@H]([C@H](CC(N)=O)[C@@]2(C)CCC(=O)NC[C@@H](C)OP(=O)(O)O[C@H]2[C@@H](O)[C@@H]([n+]3c[n-]c4cc(C)c(C)cc43)O[C@@H]2CO)[C@]2(C)[N-]C(/C(C)=C3\[N-]/C(=C\C4[N-]C1[C@@H](CCC(N)=O)C4(C)C)[C@@H](CCC(N)=O)[C@]3(C)CC(N)=O)[C@@H](CCC(N)=O)[C@]2(C)CC(N)=O.[C-]#Cc1ccc2c(c1)COC2=O.[Co]. The van der Waals surface area contributed by atoms with E-state index in [4.69, 9.17) is 80.6 Å². The summed E-state index contributed by atoms with van der Waals surface area (Å²) in [6.07, 6.45) is 2.90. The number of carbonyl (C=O) groups excluding carboxylic acids is 8. The smallest absolute Gasteiger partial charge is 0.472 e. The Morgan fingerprint density at radius 3 is 2.04 bits per heavy atom. The second-order valence-electron chi connectivity index (χ2n) is 30.2. The van der Waals surface area contributed by atoms with Gasteiger partial charge in [0.05, 0.1) is 35.6 Å². The van der Waals surface area contributed by atoms with Gasteiger partial charge in [0, 0.05) is 68.3 Å². The fraction of sp³-hybridized carbons (Fsp3) is 0.597. The van der Waals surface area contributed by atoms with E-state index in [-0.39, 0.29) is 99.9 Å². The molecule has 7 amide bonds. The third kappa shape index (κ3) is 16.2. The number of primary amides is 6. The monoisotopic (exact) mass is 1490 g/mol. The molecule has 10 rings (SSSR count). The number of rotatable bonds is 26. The third-order valence-electron chi connectivity index (χ3n) is 23.0. The maximum absolute atomic E-state index is 14.4. The summed E-state index contributed by atoms with van der Waals surface area (Å²) >= 11 is 0. The topological polar surface area (TPSA) is 494 Å². The number of nitrogens with zero attached hydrogens (tertiary/aromatic N) is 6. The van der Waals surface area contributed by atoms with Crippen molar-refractivity contribution in [2.45, 2.75) is 214 Å². The summed E-state index contributed by atoms with van der Waals surface area (Å²) in [5, 5.41) is 46.9. The number of nitrogens with two attached hydrogens (primary N) is 6. The molecule has 103 heavy (non-hydrogen) atoms. The van der Waals surface area contributed by atoms with Crippen LogP contribution in [-0.2, 0) is 80.0 Å². The molecule has 7 aliphatic rings. The van der Waals surface area contributed by atoms with Gasteiger partial charge in [0.2, 0.25) is 41.4 Å². The van der Waals surface area contributed by atoms with Crippen molar-refractivity contribution in [3.8, 4) is 5.92 Å². The van der Waals surface area contributed by atoms with E-state index in [0.717, 1.165) is 16.7 Å². The molecular formula is C72H97CoN13O16P-5. The number of esters is 1. The van der Waals surface area contributed by atoms with Crippen molar-refractivity contribution in [1.29, 1.82) is 0 Å². The molecule has 0 aliphatic carbocycles. The fourth-order valence-corrected chi connectivity index (χ4v) is 18.4. The van der Waals surface area contributed by atoms with Crippen molar-refractivity contribution in [2.75, 3.05) is 13.2 Å². The number of hydrogen-bond donors (Lipinski definition) is 10. The zero-order valence-electron chi connectivity index (χ0n) is 60.0. The van der Waals surface area contributed by atoms with Crippen LogP contribution in [0, 0.1) is 71.5 Å². The number of aliphatic hydroxyl groups is 2. The summed E-state index contributed by atoms with van der Waals surface area (Å²) in [5.41, 5.74) is 38.3. The molecule has 31 heteroatoms. The zero-order valence-corrected chi connectivity index (χ0v) is 62.0. The Bertz CT molecular complexity index is 4040. The van der Waals surface area contributed by atoms with Gasteiger partial charge in [-0.2, -0.15) is 17.1 Å². The molecule has 0 spiro atoms. The van der Waals surface area contributed by atoms with Crippen LogP contribution >= 0.6 is 7.82 Å². The van der Waals surface area contributed by atoms with E-state index in [9.17, 15) is 58.0 Å². The third-order valence-corrected chi connectivity index (χ3v) is 24.2. The number of cyclic esters (lactones) is 1. The number of allylic oxidation sites excluding steroid dienone is 3. The number of ether oxygens (including phenoxy) is 2. The molecule has 2 aromatic carbocycles. The summed E-state index contributed by atoms with van der Waals surface area (Å²) in [6, 6.07) is 5.62. The predicted octanol–water partition coefficient (Wildman–Crippen LogP) is 5.19. The van der Waals surface area contributed by atoms with E-state index >= 15 is 0 Å². The van der Waals surface area contributed by atoms with Gasteiger partial charge in [-0.15, -0.1) is 64.6 Å². The fourth-order valence-electron chi connectivity index (χ4n) is 17.3. The van der Waals surface area contributed by atoms with Crippen molar-refractivity contribution in [2.24, 2.45) is 79.7 Å². The number of phosphoric acid groups is 1. The molecule has 29 nitrogen and oxygen atoms in total. The molecule has 8 bridgehead atoms. The van der Waals surface area contributed by atoms with Gasteiger partial charge in [0.1, 0.15) is 24.9 Å². The minimum Gasteiger partial charge on any atom is -0.685 e. The number of amides is 7. The number of hydrogen-bond acceptors (Lipinski definition) is 15. The van der Waals surface area contributed by atoms with Crippen molar-refractivity contribution < 1.29 is 97.9 Å². The van der Waals surface area contributed by atoms with Gasteiger partial charge in [-0.3, -0.25) is 48.5 Å². The molecule has 0 saturated carbocycles. The first-order valence-electron chi connectivity index (χ1n) is 34.4. The number of carbonyl (C=O) groups is 8. The minimum absolute atomic E-state index is 0. The minimum atomic E-state index is -5.06. The van der Waals surface area contributed by atoms with Crippen LogP contribution in [0.25, 0.3) is 32.3 Å². The van der Waals surface area contributed by atoms with Gasteiger partial charge in [-0.1, -0.05) is 47.6 Å². The summed E-state index contributed by atoms with van der Waals surface area (Å²) < 4.78 is 37.1. The van der Waals surface area contributed by atoms with E-state index in [1.165, 1.54) is 13.3 Å². The number of fused-ring (bicyclic) bond motifs is 11. The standard InChI is InChI=1S/C62H92N13O14P.C10H5O2.Co/c1-29-20-39-40(21-30(29)2)75(28-70-39)57-52(84)53(41(27-76)87-57)89-90(85,86)88-31(3)26-69-49(83)18-19-59(8)37(22-46(66)80)56-62(11)61(10,25-48(68)82)36(14-17-45(65)79)51(74-62)33(5)55-60(9,24-47(67)81)34(12-15-43(63)77)38(71-55)23-42-58(6,7)35(13-16-44(64)78)50(72-42)32(4)54(59)73-56;1-2-7-3-4-9-8(5-7)6-12-10(9)11;/h20-21,23,28,31,34-37,41-42,50-53,56-57,76,84H,12-19,22,24-27H2,1-11H3,(H14,63,64,65,66,67,68,69,77,78,79,80,81,82,83,85,86);3-5H,6H2;/q-4;-1;/b38-23-,54-32-,55-33-;;/t31-,34-,35-,36-,37+,41-,42?,50?,51?,52-,53-,56-,57+,59-,60+,61+,62+;;/m1../s1. The first kappa shape index (κ1) is 81.1. The van der Waals surface area contributed by atoms with Crippen LogP contribution in [0.5, 0.6) is 0 Å². The van der Waals surface area contributed by atoms with E-state index in [1.54, 1.807) is 22.8 Å². The van der Waals surface area contributed by atoms with Crippen molar-refractivity contribution in [3.63, 3.8) is 0 Å². The Balaban J connectivity index is 0.000000929. The second kappa shape index (κ2) is 31.3. The van der Waals surface area contributed by atoms with E-state index in [1.807, 2.05) is 87.4 Å². The number of aliphatic hydroxyl groups excluding tert-OH is 2. The average Bonchev–Trinajstić information content (AvgIpc) is 1.53. The first-order valence-corrected chi connectivity index (χ1v) is 35.9. The molecule has 1 radical (unpaired) electrons. The molecule has 18 atom stereocenters. The largest absolute Gasteiger partial charge is 0.685 e. The number of aryl methyl sites for hydroxylation is 2. The molecule has 1 aromatic heterocycles. The molecule has 5 fully saturated rings. The molecule has 7 aliphatic heterocycles. The van der Waals surface area contributed by atoms with E-state index in [2.05, 4.69) is 16.2 Å². The van der Waals surface area contributed by atoms with Crippen LogP contribution in [0.3, 0.4) is 0 Å². The molecule has 16 N–H and O–H groups in total. The van der Waals surface area contributed by atoms with Crippen LogP contribution in [0.4, 0.5) is 0 Å². The number of benzene rings is 2. The summed E-state index contributed by atoms with van der Waals surface area (Å²) in [7, 11) is -5.06. The summed E-state index contributed by atoms with van der Waals surface area (Å²) in [4.78, 5) is 120. The Hall–Kier alpha value is -7.53. The number of nitrogens with one attached hydrogen (secondary N) is 1. The van der Waals surface area contributed by atoms with Crippen LogP contribution in [0.2, 0.25) is 0 Å². The van der Waals surface area contributed by atoms with Gasteiger partial charge in [0.25, 0.3) is 0 Å². The Kier molecular flexibility index (Phi) is 24.6. The normalized spacial score (nSPS) is 33.7. The van der Waals surface area contributed by atoms with Crippen molar-refractivity contribution in [1.82, 2.24) is 10.3 Å². The predicted molar refractivity (Wildman–Crippen MR) is 372 cm³/mol. The summed E-state index contributed by atoms with van der Waals surface area (Å²) in [5.74, 6) is -4.94. The zero-order chi connectivity index (χ0) is 75.3. The number of imidazole rings is 1. The van der Waals surface area contributed by atoms with Gasteiger partial charge >= 0.3 is 13.8 Å². The first-order chi connectivity index (χ1) is 47.6. The van der Waals surface area contributed by atoms with E-state index < -0.39 is 161 Å². The van der Waals surface area contributed by atoms with Crippen LogP contribution < -0.4 is 49.3 Å². The van der Waals surface area contributed by atoms with Crippen molar-refractivity contribution in [3.05, 3.63) is 126 Å². The van der Waals surface area contributed by atoms with Crippen LogP contribution in [0.15, 0.2) is 71.0 Å². The average molecular weight is 1490 g/mol. The second-order valence-corrected chi connectivity index (χ2v) is 31.5. The molecule has 3 aromatic rings. The molecular weight excluding hydrogens is 1390 g/mol. The Morgan fingerprint density at radius 1 is 0.806 bits per heavy atom. The van der Waals surface area contributed by atoms with Crippen LogP contribution in [0.1, 0.15) is 172 Å². The van der Waals surface area contributed by atoms with Gasteiger partial charge < -0.3 is 96.6 Å².